The molecule has 1 aromatic heterocycles. The van der Waals surface area contributed by atoms with E-state index in [-0.39, 0.29) is 5.91 Å². The number of nitrogens with zero attached hydrogens (tertiary/aromatic N) is 1. The van der Waals surface area contributed by atoms with Crippen molar-refractivity contribution >= 4 is 28.2 Å². The summed E-state index contributed by atoms with van der Waals surface area (Å²) in [6.45, 7) is 1.09. The third kappa shape index (κ3) is 2.57. The zero-order valence-corrected chi connectivity index (χ0v) is 13.1. The smallest absolute Gasteiger partial charge is 0.255 e. The molecule has 0 bridgehead atoms. The summed E-state index contributed by atoms with van der Waals surface area (Å²) in [5, 5.41) is 4.12. The van der Waals surface area contributed by atoms with Crippen molar-refractivity contribution in [2.24, 2.45) is 0 Å². The third-order valence-electron chi connectivity index (χ3n) is 4.51. The zero-order chi connectivity index (χ0) is 15.8. The molecule has 0 fully saturated rings. The molecule has 1 amide bonds. The quantitative estimate of drug-likeness (QED) is 0.756. The van der Waals surface area contributed by atoms with Crippen molar-refractivity contribution in [3.05, 3.63) is 59.8 Å². The van der Waals surface area contributed by atoms with Crippen LogP contribution in [-0.4, -0.2) is 24.5 Å². The van der Waals surface area contributed by atoms with Crippen LogP contribution in [0.15, 0.2) is 48.7 Å². The van der Waals surface area contributed by atoms with E-state index in [2.05, 4.69) is 34.4 Å². The number of aromatic nitrogens is 1. The number of H-pyrrole nitrogens is 1. The fourth-order valence-corrected chi connectivity index (χ4v) is 3.26. The molecule has 0 saturated carbocycles. The van der Waals surface area contributed by atoms with E-state index >= 15 is 0 Å². The molecule has 4 heteroatoms. The fraction of sp³-hybridized carbons (Fsp3) is 0.211. The van der Waals surface area contributed by atoms with Gasteiger partial charge in [0.1, 0.15) is 0 Å². The highest BCUT2D eigenvalue weighted by Gasteiger charge is 2.15. The van der Waals surface area contributed by atoms with Crippen molar-refractivity contribution in [2.45, 2.75) is 12.8 Å². The molecule has 2 heterocycles. The molecule has 2 N–H and O–H groups in total. The van der Waals surface area contributed by atoms with Gasteiger partial charge in [0.2, 0.25) is 0 Å². The van der Waals surface area contributed by atoms with Crippen molar-refractivity contribution in [1.29, 1.82) is 0 Å². The fourth-order valence-electron chi connectivity index (χ4n) is 3.26. The van der Waals surface area contributed by atoms with Crippen molar-refractivity contribution < 1.29 is 4.79 Å². The summed E-state index contributed by atoms with van der Waals surface area (Å²) in [6.07, 6.45) is 4.11. The van der Waals surface area contributed by atoms with E-state index in [0.29, 0.717) is 5.56 Å². The van der Waals surface area contributed by atoms with Crippen LogP contribution in [-0.2, 0) is 6.42 Å². The van der Waals surface area contributed by atoms with Gasteiger partial charge in [-0.1, -0.05) is 6.07 Å². The number of hydrogen-bond acceptors (Lipinski definition) is 2. The molecule has 4 rings (SSSR count). The largest absolute Gasteiger partial charge is 0.374 e. The second kappa shape index (κ2) is 5.47. The van der Waals surface area contributed by atoms with Crippen LogP contribution in [0.3, 0.4) is 0 Å². The summed E-state index contributed by atoms with van der Waals surface area (Å²) in [7, 11) is 2.11. The predicted molar refractivity (Wildman–Crippen MR) is 94.3 cm³/mol. The first-order valence-corrected chi connectivity index (χ1v) is 7.93. The lowest BCUT2D eigenvalue weighted by atomic mass is 10.0. The Bertz CT molecular complexity index is 881. The van der Waals surface area contributed by atoms with Crippen molar-refractivity contribution in [3.63, 3.8) is 0 Å². The molecule has 0 atom stereocenters. The number of rotatable bonds is 2. The summed E-state index contributed by atoms with van der Waals surface area (Å²) < 4.78 is 0. The normalized spacial score (nSPS) is 13.9. The second-order valence-corrected chi connectivity index (χ2v) is 6.10. The van der Waals surface area contributed by atoms with Crippen LogP contribution in [0.2, 0.25) is 0 Å². The van der Waals surface area contributed by atoms with Gasteiger partial charge in [-0.05, 0) is 60.2 Å². The number of amides is 1. The van der Waals surface area contributed by atoms with Gasteiger partial charge in [0.15, 0.2) is 0 Å². The highest BCUT2D eigenvalue weighted by molar-refractivity contribution is 6.06. The van der Waals surface area contributed by atoms with Gasteiger partial charge < -0.3 is 15.2 Å². The maximum atomic E-state index is 12.5. The molecule has 0 saturated heterocycles. The van der Waals surface area contributed by atoms with Gasteiger partial charge in [0.05, 0.1) is 0 Å². The first-order valence-electron chi connectivity index (χ1n) is 7.93. The molecule has 2 aromatic carbocycles. The summed E-state index contributed by atoms with van der Waals surface area (Å²) in [5.74, 6) is -0.0781. The first kappa shape index (κ1) is 13.9. The van der Waals surface area contributed by atoms with Crippen LogP contribution in [0.25, 0.3) is 10.9 Å². The topological polar surface area (TPSA) is 48.1 Å². The maximum absolute atomic E-state index is 12.5. The number of aromatic amines is 1. The molecule has 116 valence electrons. The van der Waals surface area contributed by atoms with E-state index in [1.807, 2.05) is 36.5 Å². The molecule has 0 unspecified atom stereocenters. The van der Waals surface area contributed by atoms with Gasteiger partial charge >= 0.3 is 0 Å². The molecule has 0 spiro atoms. The summed E-state index contributed by atoms with van der Waals surface area (Å²) >= 11 is 0. The Labute approximate surface area is 135 Å². The molecule has 0 aliphatic carbocycles. The van der Waals surface area contributed by atoms with E-state index in [4.69, 9.17) is 0 Å². The summed E-state index contributed by atoms with van der Waals surface area (Å²) in [6, 6.07) is 13.9. The number of anilines is 2. The standard InChI is InChI=1S/C19H19N3O/c1-22-10-2-3-14-11-16(6-7-18(14)22)21-19(23)15-5-4-13-8-9-20-17(13)12-15/h4-9,11-12,20H,2-3,10H2,1H3,(H,21,23). The Balaban J connectivity index is 1.58. The number of benzene rings is 2. The van der Waals surface area contributed by atoms with E-state index in [1.165, 1.54) is 11.3 Å². The van der Waals surface area contributed by atoms with Crippen molar-refractivity contribution in [3.8, 4) is 0 Å². The Morgan fingerprint density at radius 3 is 3.00 bits per heavy atom. The highest BCUT2D eigenvalue weighted by atomic mass is 16.1. The lowest BCUT2D eigenvalue weighted by Crippen LogP contribution is -2.24. The lowest BCUT2D eigenvalue weighted by molar-refractivity contribution is 0.102. The second-order valence-electron chi connectivity index (χ2n) is 6.10. The molecule has 1 aliphatic heterocycles. The third-order valence-corrected chi connectivity index (χ3v) is 4.51. The molecular weight excluding hydrogens is 286 g/mol. The number of fused-ring (bicyclic) bond motifs is 2. The number of hydrogen-bond donors (Lipinski definition) is 2. The molecule has 0 radical (unpaired) electrons. The minimum atomic E-state index is -0.0781. The number of carbonyl (C=O) groups excluding carboxylic acids is 1. The lowest BCUT2D eigenvalue weighted by Gasteiger charge is -2.27. The average Bonchev–Trinajstić information content (AvgIpc) is 3.02. The van der Waals surface area contributed by atoms with E-state index in [0.717, 1.165) is 36.0 Å². The average molecular weight is 305 g/mol. The number of carbonyl (C=O) groups is 1. The van der Waals surface area contributed by atoms with Gasteiger partial charge in [-0.15, -0.1) is 0 Å². The van der Waals surface area contributed by atoms with Crippen LogP contribution >= 0.6 is 0 Å². The monoisotopic (exact) mass is 305 g/mol. The first-order chi connectivity index (χ1) is 11.2. The number of aryl methyl sites for hydroxylation is 1. The SMILES string of the molecule is CN1CCCc2cc(NC(=O)c3ccc4cc[nH]c4c3)ccc21. The minimum absolute atomic E-state index is 0.0781. The molecule has 3 aromatic rings. The molecular formula is C19H19N3O. The van der Waals surface area contributed by atoms with Crippen LogP contribution < -0.4 is 10.2 Å². The Hall–Kier alpha value is -2.75. The van der Waals surface area contributed by atoms with E-state index in [9.17, 15) is 4.79 Å². The van der Waals surface area contributed by atoms with Crippen LogP contribution in [0, 0.1) is 0 Å². The van der Waals surface area contributed by atoms with Crippen LogP contribution in [0.1, 0.15) is 22.3 Å². The number of nitrogens with one attached hydrogen (secondary N) is 2. The van der Waals surface area contributed by atoms with E-state index < -0.39 is 0 Å². The minimum Gasteiger partial charge on any atom is -0.374 e. The van der Waals surface area contributed by atoms with Gasteiger partial charge in [0, 0.05) is 42.2 Å². The Morgan fingerprint density at radius 2 is 2.09 bits per heavy atom. The molecule has 4 nitrogen and oxygen atoms in total. The van der Waals surface area contributed by atoms with Crippen molar-refractivity contribution in [2.75, 3.05) is 23.8 Å². The van der Waals surface area contributed by atoms with Gasteiger partial charge in [0.25, 0.3) is 5.91 Å². The molecule has 23 heavy (non-hydrogen) atoms. The van der Waals surface area contributed by atoms with Gasteiger partial charge in [-0.3, -0.25) is 4.79 Å². The Morgan fingerprint density at radius 1 is 1.17 bits per heavy atom. The predicted octanol–water partition coefficient (Wildman–Crippen LogP) is 3.80. The maximum Gasteiger partial charge on any atom is 0.255 e. The summed E-state index contributed by atoms with van der Waals surface area (Å²) in [4.78, 5) is 17.9. The highest BCUT2D eigenvalue weighted by Crippen LogP contribution is 2.28. The summed E-state index contributed by atoms with van der Waals surface area (Å²) in [5.41, 5.74) is 5.06. The molecule has 1 aliphatic rings. The van der Waals surface area contributed by atoms with E-state index in [1.54, 1.807) is 0 Å². The zero-order valence-electron chi connectivity index (χ0n) is 13.1. The van der Waals surface area contributed by atoms with Crippen LogP contribution in [0.5, 0.6) is 0 Å². The Kier molecular flexibility index (Phi) is 3.30. The van der Waals surface area contributed by atoms with Gasteiger partial charge in [-0.2, -0.15) is 0 Å². The van der Waals surface area contributed by atoms with Crippen LogP contribution in [0.4, 0.5) is 11.4 Å². The van der Waals surface area contributed by atoms with Gasteiger partial charge in [-0.25, -0.2) is 0 Å². The van der Waals surface area contributed by atoms with Crippen molar-refractivity contribution in [1.82, 2.24) is 4.98 Å².